The van der Waals surface area contributed by atoms with Crippen LogP contribution in [0.3, 0.4) is 0 Å². The Labute approximate surface area is 180 Å². The van der Waals surface area contributed by atoms with Crippen LogP contribution in [0.4, 0.5) is 23.2 Å². The summed E-state index contributed by atoms with van der Waals surface area (Å²) < 4.78 is 81.7. The lowest BCUT2D eigenvalue weighted by Gasteiger charge is -2.25. The summed E-state index contributed by atoms with van der Waals surface area (Å²) in [5.74, 6) is -6.50. The largest absolute Gasteiger partial charge is 0.387 e. The summed E-state index contributed by atoms with van der Waals surface area (Å²) >= 11 is 5.64. The van der Waals surface area contributed by atoms with Crippen LogP contribution < -0.4 is 5.32 Å². The van der Waals surface area contributed by atoms with Gasteiger partial charge in [-0.2, -0.15) is 4.31 Å². The fourth-order valence-electron chi connectivity index (χ4n) is 3.06. The third kappa shape index (κ3) is 5.00. The van der Waals surface area contributed by atoms with Crippen LogP contribution in [0.25, 0.3) is 0 Å². The van der Waals surface area contributed by atoms with E-state index in [2.05, 4.69) is 5.32 Å². The average molecular weight is 481 g/mol. The van der Waals surface area contributed by atoms with E-state index >= 15 is 0 Å². The van der Waals surface area contributed by atoms with Crippen molar-refractivity contribution in [1.29, 1.82) is 0 Å². The number of halogens is 5. The van der Waals surface area contributed by atoms with Gasteiger partial charge >= 0.3 is 0 Å². The van der Waals surface area contributed by atoms with E-state index in [0.29, 0.717) is 4.31 Å². The minimum Gasteiger partial charge on any atom is -0.387 e. The number of anilines is 1. The predicted octanol–water partition coefficient (Wildman–Crippen LogP) is 3.65. The van der Waals surface area contributed by atoms with Gasteiger partial charge in [-0.1, -0.05) is 11.6 Å². The number of hydrogen-bond donors (Lipinski definition) is 2. The summed E-state index contributed by atoms with van der Waals surface area (Å²) in [5.41, 5.74) is -0.173. The Balaban J connectivity index is 1.90. The Morgan fingerprint density at radius 2 is 1.84 bits per heavy atom. The van der Waals surface area contributed by atoms with E-state index in [9.17, 15) is 35.9 Å². The van der Waals surface area contributed by atoms with Crippen molar-refractivity contribution in [1.82, 2.24) is 4.31 Å². The van der Waals surface area contributed by atoms with Crippen molar-refractivity contribution in [3.8, 4) is 0 Å². The summed E-state index contributed by atoms with van der Waals surface area (Å²) in [6.45, 7) is -1.67. The van der Waals surface area contributed by atoms with E-state index < -0.39 is 51.0 Å². The highest BCUT2D eigenvalue weighted by Crippen LogP contribution is 2.31. The second kappa shape index (κ2) is 8.73. The van der Waals surface area contributed by atoms with Gasteiger partial charge in [-0.25, -0.2) is 26.0 Å². The standard InChI is InChI=1S/C19H17ClF4N2O4S/c20-13-9-12(4-6-14(13)21)25-18(28)11-3-5-15(22)16(8-11)31(29,30)26-7-1-2-17(27)19(23,24)10-26/h3-6,8-9,17,27H,1-2,7,10H2,(H,25,28). The van der Waals surface area contributed by atoms with Gasteiger partial charge in [-0.05, 0) is 49.2 Å². The predicted molar refractivity (Wildman–Crippen MR) is 105 cm³/mol. The van der Waals surface area contributed by atoms with Gasteiger partial charge in [0.15, 0.2) is 0 Å². The van der Waals surface area contributed by atoms with E-state index in [1.165, 1.54) is 6.07 Å². The molecular weight excluding hydrogens is 464 g/mol. The number of aliphatic hydroxyl groups is 1. The lowest BCUT2D eigenvalue weighted by atomic mass is 10.1. The first-order chi connectivity index (χ1) is 14.4. The Hall–Kier alpha value is -2.21. The van der Waals surface area contributed by atoms with Crippen molar-refractivity contribution in [2.75, 3.05) is 18.4 Å². The normalized spacial score (nSPS) is 19.6. The molecule has 1 fully saturated rings. The summed E-state index contributed by atoms with van der Waals surface area (Å²) in [7, 11) is -4.74. The molecule has 0 aliphatic carbocycles. The molecule has 6 nitrogen and oxygen atoms in total. The molecule has 2 aromatic carbocycles. The number of rotatable bonds is 4. The smallest absolute Gasteiger partial charge is 0.286 e. The maximum atomic E-state index is 14.3. The fourth-order valence-corrected chi connectivity index (χ4v) is 4.82. The van der Waals surface area contributed by atoms with Gasteiger partial charge in [0.25, 0.3) is 11.8 Å². The number of amides is 1. The van der Waals surface area contributed by atoms with Gasteiger partial charge < -0.3 is 10.4 Å². The minimum atomic E-state index is -4.74. The van der Waals surface area contributed by atoms with E-state index in [1.54, 1.807) is 0 Å². The molecule has 1 unspecified atom stereocenters. The van der Waals surface area contributed by atoms with Crippen LogP contribution >= 0.6 is 11.6 Å². The maximum Gasteiger partial charge on any atom is 0.286 e. The molecule has 0 saturated carbocycles. The minimum absolute atomic E-state index is 0.0525. The van der Waals surface area contributed by atoms with Crippen LogP contribution in [0.1, 0.15) is 23.2 Å². The molecule has 12 heteroatoms. The quantitative estimate of drug-likeness (QED) is 0.654. The molecule has 0 aromatic heterocycles. The van der Waals surface area contributed by atoms with Gasteiger partial charge in [0.1, 0.15) is 22.6 Å². The molecule has 2 aromatic rings. The first-order valence-electron chi connectivity index (χ1n) is 9.04. The van der Waals surface area contributed by atoms with Crippen molar-refractivity contribution >= 4 is 33.2 Å². The number of carbonyl (C=O) groups excluding carboxylic acids is 1. The molecule has 1 saturated heterocycles. The molecule has 168 valence electrons. The van der Waals surface area contributed by atoms with Gasteiger partial charge in [-0.3, -0.25) is 4.79 Å². The number of nitrogens with one attached hydrogen (secondary N) is 1. The SMILES string of the molecule is O=C(Nc1ccc(F)c(Cl)c1)c1ccc(F)c(S(=O)(=O)N2CCCC(O)C(F)(F)C2)c1. The highest BCUT2D eigenvalue weighted by atomic mass is 35.5. The molecule has 1 atom stereocenters. The number of nitrogens with zero attached hydrogens (tertiary/aromatic N) is 1. The van der Waals surface area contributed by atoms with Gasteiger partial charge in [0.2, 0.25) is 10.0 Å². The molecule has 0 radical (unpaired) electrons. The zero-order valence-electron chi connectivity index (χ0n) is 15.8. The Kier molecular flexibility index (Phi) is 6.61. The van der Waals surface area contributed by atoms with Gasteiger partial charge in [0, 0.05) is 17.8 Å². The summed E-state index contributed by atoms with van der Waals surface area (Å²) in [4.78, 5) is 11.5. The van der Waals surface area contributed by atoms with Gasteiger partial charge in [0.05, 0.1) is 11.6 Å². The molecule has 1 amide bonds. The molecule has 1 aliphatic heterocycles. The van der Waals surface area contributed by atoms with Gasteiger partial charge in [-0.15, -0.1) is 0 Å². The molecule has 3 rings (SSSR count). The molecule has 1 heterocycles. The highest BCUT2D eigenvalue weighted by Gasteiger charge is 2.45. The van der Waals surface area contributed by atoms with Crippen molar-refractivity contribution < 1.29 is 35.9 Å². The Morgan fingerprint density at radius 1 is 1.16 bits per heavy atom. The molecule has 31 heavy (non-hydrogen) atoms. The van der Waals surface area contributed by atoms with Crippen molar-refractivity contribution in [2.24, 2.45) is 0 Å². The molecular formula is C19H17ClF4N2O4S. The highest BCUT2D eigenvalue weighted by molar-refractivity contribution is 7.89. The first-order valence-corrected chi connectivity index (χ1v) is 10.9. The maximum absolute atomic E-state index is 14.3. The summed E-state index contributed by atoms with van der Waals surface area (Å²) in [5, 5.41) is 11.6. The number of alkyl halides is 2. The zero-order valence-corrected chi connectivity index (χ0v) is 17.4. The van der Waals surface area contributed by atoms with Crippen molar-refractivity contribution in [3.05, 3.63) is 58.6 Å². The lowest BCUT2D eigenvalue weighted by Crippen LogP contribution is -2.44. The number of benzene rings is 2. The van der Waals surface area contributed by atoms with E-state index in [1.807, 2.05) is 0 Å². The third-order valence-electron chi connectivity index (χ3n) is 4.75. The number of carbonyl (C=O) groups is 1. The Morgan fingerprint density at radius 3 is 2.52 bits per heavy atom. The van der Waals surface area contributed by atoms with Crippen molar-refractivity contribution in [2.45, 2.75) is 29.8 Å². The number of sulfonamides is 1. The second-order valence-corrected chi connectivity index (χ2v) is 9.30. The topological polar surface area (TPSA) is 86.7 Å². The molecule has 2 N–H and O–H groups in total. The summed E-state index contributed by atoms with van der Waals surface area (Å²) in [6.07, 6.45) is -2.38. The van der Waals surface area contributed by atoms with Crippen LogP contribution in [-0.4, -0.2) is 48.9 Å². The first kappa shape index (κ1) is 23.5. The van der Waals surface area contributed by atoms with Crippen LogP contribution in [0, 0.1) is 11.6 Å². The third-order valence-corrected chi connectivity index (χ3v) is 6.90. The van der Waals surface area contributed by atoms with Crippen LogP contribution in [0.5, 0.6) is 0 Å². The molecule has 0 bridgehead atoms. The number of hydrogen-bond acceptors (Lipinski definition) is 4. The van der Waals surface area contributed by atoms with Crippen LogP contribution in [0.2, 0.25) is 5.02 Å². The van der Waals surface area contributed by atoms with Crippen LogP contribution in [-0.2, 0) is 10.0 Å². The zero-order chi connectivity index (χ0) is 23.0. The van der Waals surface area contributed by atoms with E-state index in [0.717, 1.165) is 30.3 Å². The van der Waals surface area contributed by atoms with Crippen molar-refractivity contribution in [3.63, 3.8) is 0 Å². The average Bonchev–Trinajstić information content (AvgIpc) is 2.83. The molecule has 0 spiro atoms. The van der Waals surface area contributed by atoms with Crippen LogP contribution in [0.15, 0.2) is 41.3 Å². The summed E-state index contributed by atoms with van der Waals surface area (Å²) in [6, 6.07) is 5.81. The van der Waals surface area contributed by atoms with E-state index in [4.69, 9.17) is 11.6 Å². The van der Waals surface area contributed by atoms with E-state index in [-0.39, 0.29) is 35.7 Å². The second-order valence-electron chi connectivity index (χ2n) is 6.99. The lowest BCUT2D eigenvalue weighted by molar-refractivity contribution is -0.109. The number of aliphatic hydroxyl groups excluding tert-OH is 1. The Bertz CT molecular complexity index is 1110. The fraction of sp³-hybridized carbons (Fsp3) is 0.316. The monoisotopic (exact) mass is 480 g/mol. The molecule has 1 aliphatic rings.